The molecule has 0 aromatic heterocycles. The molecule has 1 aliphatic heterocycles. The summed E-state index contributed by atoms with van der Waals surface area (Å²) in [5.41, 5.74) is 0. The summed E-state index contributed by atoms with van der Waals surface area (Å²) < 4.78 is 122. The molecule has 0 aromatic rings. The Morgan fingerprint density at radius 1 is 0.636 bits per heavy atom. The van der Waals surface area contributed by atoms with E-state index in [0.717, 1.165) is 13.2 Å². The molecule has 0 unspecified atom stereocenters. The maximum Gasteiger partial charge on any atom is 1.00 e. The fourth-order valence-electron chi connectivity index (χ4n) is 0.580. The zero-order valence-electron chi connectivity index (χ0n) is 11.1. The minimum atomic E-state index is -6.00. The van der Waals surface area contributed by atoms with Gasteiger partial charge >= 0.3 is 73.1 Å². The molecule has 0 radical (unpaired) electrons. The monoisotopic (exact) mass is 385 g/mol. The van der Waals surface area contributed by atoms with Crippen LogP contribution in [0.25, 0.3) is 0 Å². The van der Waals surface area contributed by atoms with Gasteiger partial charge in [0.2, 0.25) is 0 Å². The van der Waals surface area contributed by atoms with Crippen LogP contribution in [0.1, 0.15) is 12.8 Å². The van der Waals surface area contributed by atoms with E-state index < -0.39 is 21.8 Å². The van der Waals surface area contributed by atoms with E-state index >= 15 is 0 Å². The maximum atomic E-state index is 9.75. The standard InChI is InChI=1S/C5H9O.3BF4.K/c1-2-4-6-5-3-1;3*2-1(3,4)5;/h2H,1,3-5H2;;;;/q4*-1;+1. The Morgan fingerprint density at radius 2 is 0.909 bits per heavy atom. The van der Waals surface area contributed by atoms with Gasteiger partial charge in [-0.15, -0.1) is 0 Å². The van der Waals surface area contributed by atoms with Crippen LogP contribution >= 0.6 is 0 Å². The van der Waals surface area contributed by atoms with Crippen LogP contribution in [-0.2, 0) is 4.74 Å². The van der Waals surface area contributed by atoms with Crippen LogP contribution < -0.4 is 51.4 Å². The predicted octanol–water partition coefficient (Wildman–Crippen LogP) is 1.91. The second-order valence-corrected chi connectivity index (χ2v) is 2.99. The van der Waals surface area contributed by atoms with Crippen molar-refractivity contribution in [2.45, 2.75) is 12.8 Å². The molecule has 0 N–H and O–H groups in total. The van der Waals surface area contributed by atoms with E-state index in [1.54, 1.807) is 0 Å². The van der Waals surface area contributed by atoms with E-state index in [0.29, 0.717) is 0 Å². The van der Waals surface area contributed by atoms with Crippen LogP contribution in [-0.4, -0.2) is 35.0 Å². The molecule has 1 fully saturated rings. The molecule has 0 amide bonds. The smallest absolute Gasteiger partial charge is 0.418 e. The first-order valence-corrected chi connectivity index (χ1v) is 5.01. The molecule has 1 saturated heterocycles. The van der Waals surface area contributed by atoms with Gasteiger partial charge in [-0.3, -0.25) is 0 Å². The van der Waals surface area contributed by atoms with Crippen molar-refractivity contribution in [2.24, 2.45) is 0 Å². The van der Waals surface area contributed by atoms with Crippen molar-refractivity contribution in [3.05, 3.63) is 6.42 Å². The normalized spacial score (nSPS) is 14.7. The van der Waals surface area contributed by atoms with Crippen LogP contribution in [0.4, 0.5) is 51.8 Å². The van der Waals surface area contributed by atoms with E-state index in [1.807, 2.05) is 0 Å². The largest absolute Gasteiger partial charge is 1.00 e. The van der Waals surface area contributed by atoms with Crippen LogP contribution in [0.2, 0.25) is 0 Å². The van der Waals surface area contributed by atoms with Crippen LogP contribution in [0, 0.1) is 6.42 Å². The maximum absolute atomic E-state index is 9.75. The third-order valence-corrected chi connectivity index (χ3v) is 0.933. The van der Waals surface area contributed by atoms with Crippen molar-refractivity contribution in [3.63, 3.8) is 0 Å². The molecule has 1 rings (SSSR count). The first kappa shape index (κ1) is 30.8. The molecule has 0 spiro atoms. The molecule has 0 aromatic carbocycles. The predicted molar refractivity (Wildman–Crippen MR) is 54.9 cm³/mol. The molecule has 1 heterocycles. The summed E-state index contributed by atoms with van der Waals surface area (Å²) in [6.07, 6.45) is 4.64. The van der Waals surface area contributed by atoms with E-state index in [-0.39, 0.29) is 51.4 Å². The number of hydrogen-bond donors (Lipinski definition) is 0. The van der Waals surface area contributed by atoms with Gasteiger partial charge in [-0.2, -0.15) is 6.42 Å². The van der Waals surface area contributed by atoms with Gasteiger partial charge in [-0.1, -0.05) is 13.0 Å². The quantitative estimate of drug-likeness (QED) is 0.352. The van der Waals surface area contributed by atoms with Crippen LogP contribution in [0.3, 0.4) is 0 Å². The first-order valence-electron chi connectivity index (χ1n) is 5.01. The minimum absolute atomic E-state index is 0. The van der Waals surface area contributed by atoms with E-state index in [4.69, 9.17) is 4.74 Å². The molecule has 0 atom stereocenters. The summed E-state index contributed by atoms with van der Waals surface area (Å²) in [6, 6.07) is 0. The van der Waals surface area contributed by atoms with Crippen molar-refractivity contribution in [2.75, 3.05) is 13.2 Å². The Kier molecular flexibility index (Phi) is 21.7. The minimum Gasteiger partial charge on any atom is -0.418 e. The third-order valence-electron chi connectivity index (χ3n) is 0.933. The van der Waals surface area contributed by atoms with Gasteiger partial charge in [0, 0.05) is 6.61 Å². The van der Waals surface area contributed by atoms with Crippen molar-refractivity contribution in [3.8, 4) is 0 Å². The summed E-state index contributed by atoms with van der Waals surface area (Å²) in [6.45, 7) is 1.84. The molecule has 1 nitrogen and oxygen atoms in total. The summed E-state index contributed by atoms with van der Waals surface area (Å²) in [5, 5.41) is 0. The number of hydrogen-bond acceptors (Lipinski definition) is 1. The zero-order valence-corrected chi connectivity index (χ0v) is 14.2. The molecular formula is C5H9B3F12KO-3. The molecule has 132 valence electrons. The van der Waals surface area contributed by atoms with Crippen molar-refractivity contribution >= 4 is 21.8 Å². The van der Waals surface area contributed by atoms with E-state index in [1.165, 1.54) is 12.8 Å². The summed E-state index contributed by atoms with van der Waals surface area (Å²) in [7, 11) is -18.0. The Labute approximate surface area is 161 Å². The van der Waals surface area contributed by atoms with Crippen molar-refractivity contribution in [1.29, 1.82) is 0 Å². The second kappa shape index (κ2) is 15.5. The van der Waals surface area contributed by atoms with Crippen molar-refractivity contribution < 1.29 is 108 Å². The van der Waals surface area contributed by atoms with E-state index in [9.17, 15) is 51.8 Å². The van der Waals surface area contributed by atoms with Gasteiger partial charge in [0.1, 0.15) is 0 Å². The molecule has 17 heteroatoms. The molecular weight excluding hydrogens is 376 g/mol. The number of rotatable bonds is 0. The molecule has 0 aliphatic carbocycles. The molecule has 22 heavy (non-hydrogen) atoms. The molecule has 0 saturated carbocycles. The topological polar surface area (TPSA) is 9.23 Å². The molecule has 1 aliphatic rings. The first-order chi connectivity index (χ1) is 9.00. The summed E-state index contributed by atoms with van der Waals surface area (Å²) in [5.74, 6) is 0. The average Bonchev–Trinajstić information content (AvgIpc) is 2.12. The van der Waals surface area contributed by atoms with Gasteiger partial charge in [-0.25, -0.2) is 0 Å². The van der Waals surface area contributed by atoms with Gasteiger partial charge < -0.3 is 62.9 Å². The third kappa shape index (κ3) is 173. The van der Waals surface area contributed by atoms with Crippen LogP contribution in [0.5, 0.6) is 0 Å². The number of halogens is 12. The van der Waals surface area contributed by atoms with Crippen LogP contribution in [0.15, 0.2) is 0 Å². The van der Waals surface area contributed by atoms with Gasteiger partial charge in [-0.05, 0) is 0 Å². The fourth-order valence-corrected chi connectivity index (χ4v) is 0.580. The van der Waals surface area contributed by atoms with Gasteiger partial charge in [0.05, 0.1) is 0 Å². The van der Waals surface area contributed by atoms with Gasteiger partial charge in [0.15, 0.2) is 0 Å². The summed E-state index contributed by atoms with van der Waals surface area (Å²) in [4.78, 5) is 0. The Hall–Kier alpha value is 0.951. The second-order valence-electron chi connectivity index (χ2n) is 2.99. The summed E-state index contributed by atoms with van der Waals surface area (Å²) >= 11 is 0. The zero-order chi connectivity index (χ0) is 17.7. The Balaban J connectivity index is -0.0000000973. The van der Waals surface area contributed by atoms with E-state index in [2.05, 4.69) is 6.42 Å². The van der Waals surface area contributed by atoms with Crippen molar-refractivity contribution in [1.82, 2.24) is 0 Å². The fraction of sp³-hybridized carbons (Fsp3) is 0.800. The van der Waals surface area contributed by atoms with Gasteiger partial charge in [0.25, 0.3) is 0 Å². The number of ether oxygens (including phenoxy) is 1. The average molecular weight is 385 g/mol. The Morgan fingerprint density at radius 3 is 0.955 bits per heavy atom. The SMILES string of the molecule is F[B-](F)(F)F.F[B-](F)(F)F.F[B-](F)(F)F.[CH-]1CCCOC1.[K+]. The Bertz CT molecular complexity index is 168. The molecule has 0 bridgehead atoms.